The van der Waals surface area contributed by atoms with Crippen LogP contribution in [0.4, 0.5) is 13.2 Å². The predicted octanol–water partition coefficient (Wildman–Crippen LogP) is 3.43. The van der Waals surface area contributed by atoms with Gasteiger partial charge in [0.25, 0.3) is 0 Å². The van der Waals surface area contributed by atoms with Crippen LogP contribution in [0.1, 0.15) is 18.2 Å². The second kappa shape index (κ2) is 7.30. The van der Waals surface area contributed by atoms with Crippen molar-refractivity contribution < 1.29 is 27.4 Å². The van der Waals surface area contributed by atoms with Gasteiger partial charge in [0.1, 0.15) is 0 Å². The fraction of sp³-hybridized carbons (Fsp3) is 0.455. The summed E-state index contributed by atoms with van der Waals surface area (Å²) in [7, 11) is 0. The average molecular weight is 424 g/mol. The number of halogens is 5. The summed E-state index contributed by atoms with van der Waals surface area (Å²) in [6.07, 6.45) is -3.75. The maximum atomic E-state index is 12.4. The molecule has 1 aromatic heterocycles. The molecular formula is C11H10ClF3INO3. The molecule has 0 bridgehead atoms. The summed E-state index contributed by atoms with van der Waals surface area (Å²) < 4.78 is 45.9. The molecule has 1 aromatic rings. The molecule has 0 saturated heterocycles. The number of hydrogen-bond donors (Lipinski definition) is 0. The number of hydrogen-bond acceptors (Lipinski definition) is 4. The lowest BCUT2D eigenvalue weighted by Crippen LogP contribution is -2.20. The smallest absolute Gasteiger partial charge is 0.466 e. The van der Waals surface area contributed by atoms with Crippen LogP contribution in [0.5, 0.6) is 5.75 Å². The summed E-state index contributed by atoms with van der Waals surface area (Å²) in [5.41, 5.74) is 0.248. The molecule has 0 N–H and O–H groups in total. The van der Waals surface area contributed by atoms with E-state index in [1.54, 1.807) is 29.5 Å². The number of pyridine rings is 1. The van der Waals surface area contributed by atoms with Crippen molar-refractivity contribution in [1.82, 2.24) is 4.98 Å². The number of rotatable bonds is 5. The zero-order chi connectivity index (χ0) is 15.3. The van der Waals surface area contributed by atoms with Crippen molar-refractivity contribution in [2.75, 3.05) is 6.61 Å². The number of alkyl halides is 4. The SMILES string of the molecule is CCOC(=O)Cc1cnc(CCl)c(OC(F)(F)F)c1I. The molecule has 0 aliphatic carbocycles. The van der Waals surface area contributed by atoms with Crippen molar-refractivity contribution in [3.05, 3.63) is 21.0 Å². The molecule has 0 saturated carbocycles. The van der Waals surface area contributed by atoms with E-state index in [0.717, 1.165) is 0 Å². The third-order valence-corrected chi connectivity index (χ3v) is 3.54. The van der Waals surface area contributed by atoms with E-state index in [4.69, 9.17) is 16.3 Å². The lowest BCUT2D eigenvalue weighted by atomic mass is 10.2. The van der Waals surface area contributed by atoms with Gasteiger partial charge in [-0.2, -0.15) is 0 Å². The molecule has 0 amide bonds. The maximum Gasteiger partial charge on any atom is 0.573 e. The molecule has 112 valence electrons. The van der Waals surface area contributed by atoms with Crippen LogP contribution >= 0.6 is 34.2 Å². The van der Waals surface area contributed by atoms with Gasteiger partial charge in [0, 0.05) is 6.20 Å². The third kappa shape index (κ3) is 4.97. The monoisotopic (exact) mass is 423 g/mol. The summed E-state index contributed by atoms with van der Waals surface area (Å²) >= 11 is 7.20. The number of nitrogens with zero attached hydrogens (tertiary/aromatic N) is 1. The highest BCUT2D eigenvalue weighted by molar-refractivity contribution is 14.1. The minimum atomic E-state index is -4.86. The Balaban J connectivity index is 3.11. The Morgan fingerprint density at radius 3 is 2.65 bits per heavy atom. The topological polar surface area (TPSA) is 48.4 Å². The molecule has 0 unspecified atom stereocenters. The highest BCUT2D eigenvalue weighted by atomic mass is 127. The standard InChI is InChI=1S/C11H10ClF3INO3/c1-2-19-8(18)3-6-5-17-7(4-12)10(9(6)16)20-11(13,14)15/h5H,2-4H2,1H3. The van der Waals surface area contributed by atoms with Crippen LogP contribution in [0.3, 0.4) is 0 Å². The van der Waals surface area contributed by atoms with Crippen molar-refractivity contribution in [3.8, 4) is 5.75 Å². The van der Waals surface area contributed by atoms with E-state index < -0.39 is 18.1 Å². The minimum absolute atomic E-state index is 0.0407. The van der Waals surface area contributed by atoms with E-state index in [2.05, 4.69) is 9.72 Å². The highest BCUT2D eigenvalue weighted by Crippen LogP contribution is 2.33. The molecule has 0 aromatic carbocycles. The van der Waals surface area contributed by atoms with Crippen LogP contribution in [-0.4, -0.2) is 23.9 Å². The van der Waals surface area contributed by atoms with Gasteiger partial charge >= 0.3 is 12.3 Å². The zero-order valence-corrected chi connectivity index (χ0v) is 13.2. The Kier molecular flexibility index (Phi) is 6.31. The third-order valence-electron chi connectivity index (χ3n) is 2.10. The van der Waals surface area contributed by atoms with Gasteiger partial charge in [-0.15, -0.1) is 24.8 Å². The quantitative estimate of drug-likeness (QED) is 0.414. The van der Waals surface area contributed by atoms with E-state index in [9.17, 15) is 18.0 Å². The number of aromatic nitrogens is 1. The molecular weight excluding hydrogens is 413 g/mol. The summed E-state index contributed by atoms with van der Waals surface area (Å²) in [4.78, 5) is 15.2. The van der Waals surface area contributed by atoms with Crippen LogP contribution < -0.4 is 4.74 Å². The highest BCUT2D eigenvalue weighted by Gasteiger charge is 2.34. The van der Waals surface area contributed by atoms with Gasteiger partial charge in [-0.05, 0) is 35.1 Å². The normalized spacial score (nSPS) is 11.3. The minimum Gasteiger partial charge on any atom is -0.466 e. The largest absolute Gasteiger partial charge is 0.573 e. The summed E-state index contributed by atoms with van der Waals surface area (Å²) in [6, 6.07) is 0. The van der Waals surface area contributed by atoms with Crippen LogP contribution in [0, 0.1) is 3.57 Å². The molecule has 20 heavy (non-hydrogen) atoms. The van der Waals surface area contributed by atoms with Crippen molar-refractivity contribution >= 4 is 40.2 Å². The first-order chi connectivity index (χ1) is 9.28. The molecule has 0 aliphatic heterocycles. The van der Waals surface area contributed by atoms with Gasteiger partial charge in [0.15, 0.2) is 5.75 Å². The lowest BCUT2D eigenvalue weighted by molar-refractivity contribution is -0.275. The average Bonchev–Trinajstić information content (AvgIpc) is 2.33. The molecule has 0 spiro atoms. The lowest BCUT2D eigenvalue weighted by Gasteiger charge is -2.15. The van der Waals surface area contributed by atoms with Crippen LogP contribution in [0.2, 0.25) is 0 Å². The van der Waals surface area contributed by atoms with Crippen molar-refractivity contribution in [2.24, 2.45) is 0 Å². The zero-order valence-electron chi connectivity index (χ0n) is 10.3. The van der Waals surface area contributed by atoms with Gasteiger partial charge in [-0.3, -0.25) is 9.78 Å². The fourth-order valence-corrected chi connectivity index (χ4v) is 2.29. The van der Waals surface area contributed by atoms with Gasteiger partial charge in [-0.25, -0.2) is 0 Å². The Morgan fingerprint density at radius 2 is 2.15 bits per heavy atom. The first-order valence-electron chi connectivity index (χ1n) is 5.42. The van der Waals surface area contributed by atoms with Crippen LogP contribution in [0.15, 0.2) is 6.20 Å². The molecule has 0 atom stereocenters. The number of ether oxygens (including phenoxy) is 2. The van der Waals surface area contributed by atoms with Gasteiger partial charge in [-0.1, -0.05) is 0 Å². The molecule has 0 radical (unpaired) electrons. The maximum absolute atomic E-state index is 12.4. The number of carbonyl (C=O) groups excluding carboxylic acids is 1. The first kappa shape index (κ1) is 17.3. The fourth-order valence-electron chi connectivity index (χ4n) is 1.35. The molecule has 0 aliphatic rings. The number of carbonyl (C=O) groups is 1. The van der Waals surface area contributed by atoms with E-state index in [1.165, 1.54) is 6.20 Å². The second-order valence-corrected chi connectivity index (χ2v) is 4.88. The molecule has 1 heterocycles. The predicted molar refractivity (Wildman–Crippen MR) is 73.5 cm³/mol. The van der Waals surface area contributed by atoms with Crippen LogP contribution in [0.25, 0.3) is 0 Å². The Labute approximate surface area is 131 Å². The second-order valence-electron chi connectivity index (χ2n) is 3.54. The Bertz CT molecular complexity index is 497. The van der Waals surface area contributed by atoms with E-state index in [1.807, 2.05) is 0 Å². The summed E-state index contributed by atoms with van der Waals surface area (Å²) in [5, 5.41) is 0. The van der Waals surface area contributed by atoms with Crippen molar-refractivity contribution in [2.45, 2.75) is 25.6 Å². The first-order valence-corrected chi connectivity index (χ1v) is 7.03. The Morgan fingerprint density at radius 1 is 1.50 bits per heavy atom. The number of esters is 1. The molecule has 0 fully saturated rings. The van der Waals surface area contributed by atoms with E-state index >= 15 is 0 Å². The summed E-state index contributed by atoms with van der Waals surface area (Å²) in [5.74, 6) is -1.26. The molecule has 9 heteroatoms. The molecule has 4 nitrogen and oxygen atoms in total. The summed E-state index contributed by atoms with van der Waals surface area (Å²) in [6.45, 7) is 1.82. The van der Waals surface area contributed by atoms with Gasteiger partial charge in [0.2, 0.25) is 0 Å². The molecule has 1 rings (SSSR count). The van der Waals surface area contributed by atoms with E-state index in [-0.39, 0.29) is 33.7 Å². The Hall–Kier alpha value is -0.770. The van der Waals surface area contributed by atoms with Gasteiger partial charge < -0.3 is 9.47 Å². The van der Waals surface area contributed by atoms with Crippen molar-refractivity contribution in [1.29, 1.82) is 0 Å². The van der Waals surface area contributed by atoms with Gasteiger partial charge in [0.05, 0.1) is 28.2 Å². The van der Waals surface area contributed by atoms with Crippen molar-refractivity contribution in [3.63, 3.8) is 0 Å². The van der Waals surface area contributed by atoms with Crippen LogP contribution in [-0.2, 0) is 21.8 Å². The van der Waals surface area contributed by atoms with E-state index in [0.29, 0.717) is 0 Å².